The summed E-state index contributed by atoms with van der Waals surface area (Å²) in [6.07, 6.45) is 2.05. The first-order chi connectivity index (χ1) is 15.9. The molecule has 1 aliphatic heterocycles. The van der Waals surface area contributed by atoms with Crippen molar-refractivity contribution in [3.05, 3.63) is 46.3 Å². The largest absolute Gasteiger partial charge is 0.461 e. The van der Waals surface area contributed by atoms with Crippen molar-refractivity contribution in [1.82, 2.24) is 0 Å². The quantitative estimate of drug-likeness (QED) is 0.250. The van der Waals surface area contributed by atoms with Crippen LogP contribution in [0.5, 0.6) is 0 Å². The van der Waals surface area contributed by atoms with E-state index in [1.54, 1.807) is 19.9 Å². The molecule has 0 aromatic carbocycles. The monoisotopic (exact) mass is 478 g/mol. The Kier molecular flexibility index (Phi) is 8.94. The molecule has 1 heterocycles. The van der Waals surface area contributed by atoms with Crippen molar-refractivity contribution in [2.75, 3.05) is 13.2 Å². The number of aliphatic hydroxyl groups is 2. The van der Waals surface area contributed by atoms with Gasteiger partial charge in [-0.1, -0.05) is 6.08 Å². The molecule has 0 saturated heterocycles. The molecule has 34 heavy (non-hydrogen) atoms. The number of esters is 4. The number of carbonyl (C=O) groups is 4. The van der Waals surface area contributed by atoms with Crippen molar-refractivity contribution < 1.29 is 48.3 Å². The Morgan fingerprint density at radius 1 is 1.21 bits per heavy atom. The van der Waals surface area contributed by atoms with E-state index >= 15 is 0 Å². The summed E-state index contributed by atoms with van der Waals surface area (Å²) in [7, 11) is 0. The van der Waals surface area contributed by atoms with E-state index < -0.39 is 54.9 Å². The van der Waals surface area contributed by atoms with E-state index in [0.717, 1.165) is 0 Å². The minimum atomic E-state index is -1.64. The summed E-state index contributed by atoms with van der Waals surface area (Å²) < 4.78 is 21.3. The molecule has 2 N–H and O–H groups in total. The molecule has 0 bridgehead atoms. The van der Waals surface area contributed by atoms with Gasteiger partial charge in [-0.3, -0.25) is 9.59 Å². The second-order valence-electron chi connectivity index (χ2n) is 8.33. The molecule has 0 aromatic heterocycles. The maximum atomic E-state index is 12.7. The van der Waals surface area contributed by atoms with Crippen LogP contribution in [0.2, 0.25) is 0 Å². The lowest BCUT2D eigenvalue weighted by molar-refractivity contribution is -0.146. The SMILES string of the molecule is C/C=C(/C)C(=O)O[C@H]1C/C(CO)=C\[C@@H](OC(C)=O)C[C@@](C)(O)/C=C2/OC(=O)C(COC(C)=O)=C21. The first-order valence-corrected chi connectivity index (χ1v) is 10.7. The van der Waals surface area contributed by atoms with Gasteiger partial charge in [-0.25, -0.2) is 9.59 Å². The number of carbonyl (C=O) groups excluding carboxylic acids is 4. The molecule has 0 saturated carbocycles. The highest BCUT2D eigenvalue weighted by atomic mass is 16.6. The summed E-state index contributed by atoms with van der Waals surface area (Å²) in [5.41, 5.74) is -0.941. The normalized spacial score (nSPS) is 28.6. The van der Waals surface area contributed by atoms with Gasteiger partial charge in [0, 0.05) is 37.8 Å². The van der Waals surface area contributed by atoms with Gasteiger partial charge in [-0.15, -0.1) is 0 Å². The lowest BCUT2D eigenvalue weighted by Gasteiger charge is -2.28. The van der Waals surface area contributed by atoms with Crippen LogP contribution in [0, 0.1) is 0 Å². The lowest BCUT2D eigenvalue weighted by atomic mass is 9.89. The molecule has 2 rings (SSSR count). The minimum Gasteiger partial charge on any atom is -0.461 e. The molecule has 0 radical (unpaired) electrons. The number of allylic oxidation sites excluding steroid dienone is 1. The molecule has 0 unspecified atom stereocenters. The van der Waals surface area contributed by atoms with Crippen molar-refractivity contribution >= 4 is 23.9 Å². The van der Waals surface area contributed by atoms with Crippen LogP contribution < -0.4 is 0 Å². The Bertz CT molecular complexity index is 980. The molecule has 186 valence electrons. The first-order valence-electron chi connectivity index (χ1n) is 10.7. The van der Waals surface area contributed by atoms with Crippen LogP contribution in [-0.4, -0.2) is 65.1 Å². The highest BCUT2D eigenvalue weighted by Crippen LogP contribution is 2.37. The van der Waals surface area contributed by atoms with Gasteiger partial charge in [-0.2, -0.15) is 0 Å². The van der Waals surface area contributed by atoms with E-state index in [0.29, 0.717) is 11.1 Å². The second kappa shape index (κ2) is 11.3. The van der Waals surface area contributed by atoms with Crippen LogP contribution in [0.1, 0.15) is 47.5 Å². The fourth-order valence-corrected chi connectivity index (χ4v) is 3.57. The zero-order valence-corrected chi connectivity index (χ0v) is 19.9. The third-order valence-corrected chi connectivity index (χ3v) is 5.23. The highest BCUT2D eigenvalue weighted by Gasteiger charge is 2.40. The van der Waals surface area contributed by atoms with Gasteiger partial charge < -0.3 is 29.2 Å². The highest BCUT2D eigenvalue weighted by molar-refractivity contribution is 5.96. The molecular weight excluding hydrogens is 448 g/mol. The number of aliphatic hydroxyl groups excluding tert-OH is 1. The Labute approximate surface area is 197 Å². The van der Waals surface area contributed by atoms with Crippen LogP contribution in [-0.2, 0) is 38.1 Å². The number of ether oxygens (including phenoxy) is 4. The van der Waals surface area contributed by atoms with Gasteiger partial charge in [0.1, 0.15) is 24.6 Å². The van der Waals surface area contributed by atoms with E-state index in [1.807, 2.05) is 0 Å². The van der Waals surface area contributed by atoms with Gasteiger partial charge >= 0.3 is 23.9 Å². The maximum absolute atomic E-state index is 12.7. The Balaban J connectivity index is 2.70. The van der Waals surface area contributed by atoms with Crippen LogP contribution in [0.25, 0.3) is 0 Å². The zero-order valence-electron chi connectivity index (χ0n) is 19.9. The topological polar surface area (TPSA) is 146 Å². The fourth-order valence-electron chi connectivity index (χ4n) is 3.57. The van der Waals surface area contributed by atoms with Crippen molar-refractivity contribution in [3.63, 3.8) is 0 Å². The summed E-state index contributed by atoms with van der Waals surface area (Å²) in [5.74, 6) is -2.81. The van der Waals surface area contributed by atoms with Gasteiger partial charge in [0.05, 0.1) is 17.8 Å². The van der Waals surface area contributed by atoms with Crippen LogP contribution in [0.15, 0.2) is 46.3 Å². The third-order valence-electron chi connectivity index (χ3n) is 5.23. The summed E-state index contributed by atoms with van der Waals surface area (Å²) in [4.78, 5) is 48.2. The Morgan fingerprint density at radius 2 is 1.88 bits per heavy atom. The average molecular weight is 478 g/mol. The molecule has 1 aliphatic carbocycles. The number of fused-ring (bicyclic) bond motifs is 1. The van der Waals surface area contributed by atoms with E-state index in [1.165, 1.54) is 32.9 Å². The van der Waals surface area contributed by atoms with Gasteiger partial charge in [-0.05, 0) is 38.5 Å². The lowest BCUT2D eigenvalue weighted by Crippen LogP contribution is -2.32. The van der Waals surface area contributed by atoms with Crippen molar-refractivity contribution in [3.8, 4) is 0 Å². The van der Waals surface area contributed by atoms with Crippen LogP contribution in [0.3, 0.4) is 0 Å². The van der Waals surface area contributed by atoms with Crippen LogP contribution >= 0.6 is 0 Å². The number of hydrogen-bond acceptors (Lipinski definition) is 10. The molecule has 2 aliphatic rings. The zero-order chi connectivity index (χ0) is 25.6. The standard InChI is InChI=1S/C24H30O10/c1-6-13(2)22(28)33-19-8-16(11-25)7-17(32-15(4)27)9-24(5,30)10-20-21(19)18(23(29)34-20)12-31-14(3)26/h6-7,10,17,19,25,30H,8-9,11-12H2,1-5H3/b13-6-,16-7+,20-10+/t17-,19+,24-/m1/s1. The average Bonchev–Trinajstić information content (AvgIpc) is 3.02. The first kappa shape index (κ1) is 27.0. The molecule has 10 heteroatoms. The van der Waals surface area contributed by atoms with Crippen molar-refractivity contribution in [2.24, 2.45) is 0 Å². The second-order valence-corrected chi connectivity index (χ2v) is 8.33. The van der Waals surface area contributed by atoms with E-state index in [2.05, 4.69) is 0 Å². The molecule has 0 spiro atoms. The minimum absolute atomic E-state index is 0.0532. The maximum Gasteiger partial charge on any atom is 0.343 e. The van der Waals surface area contributed by atoms with Gasteiger partial charge in [0.2, 0.25) is 0 Å². The summed E-state index contributed by atoms with van der Waals surface area (Å²) in [6, 6.07) is 0. The van der Waals surface area contributed by atoms with E-state index in [-0.39, 0.29) is 29.7 Å². The van der Waals surface area contributed by atoms with Crippen molar-refractivity contribution in [1.29, 1.82) is 0 Å². The predicted molar refractivity (Wildman–Crippen MR) is 118 cm³/mol. The third kappa shape index (κ3) is 7.13. The molecule has 0 aromatic rings. The number of hydrogen-bond donors (Lipinski definition) is 2. The van der Waals surface area contributed by atoms with E-state index in [4.69, 9.17) is 18.9 Å². The van der Waals surface area contributed by atoms with E-state index in [9.17, 15) is 29.4 Å². The fraction of sp³-hybridized carbons (Fsp3) is 0.500. The van der Waals surface area contributed by atoms with Crippen LogP contribution in [0.4, 0.5) is 0 Å². The van der Waals surface area contributed by atoms with Gasteiger partial charge in [0.15, 0.2) is 0 Å². The molecular formula is C24H30O10. The van der Waals surface area contributed by atoms with Crippen molar-refractivity contribution in [2.45, 2.75) is 65.3 Å². The number of rotatable bonds is 6. The smallest absolute Gasteiger partial charge is 0.343 e. The predicted octanol–water partition coefficient (Wildman–Crippen LogP) is 1.56. The summed E-state index contributed by atoms with van der Waals surface area (Å²) >= 11 is 0. The molecule has 0 amide bonds. The molecule has 10 nitrogen and oxygen atoms in total. The summed E-state index contributed by atoms with van der Waals surface area (Å²) in [6.45, 7) is 6.10. The Morgan fingerprint density at radius 3 is 2.44 bits per heavy atom. The summed E-state index contributed by atoms with van der Waals surface area (Å²) in [5, 5.41) is 21.0. The Hall–Kier alpha value is -3.24. The van der Waals surface area contributed by atoms with Gasteiger partial charge in [0.25, 0.3) is 0 Å². The molecule has 3 atom stereocenters. The molecule has 0 fully saturated rings.